The summed E-state index contributed by atoms with van der Waals surface area (Å²) in [4.78, 5) is 0. The van der Waals surface area contributed by atoms with Gasteiger partial charge in [-0.15, -0.1) is 0 Å². The molecular formula is C26H26O2. The summed E-state index contributed by atoms with van der Waals surface area (Å²) in [7, 11) is 3.37. The second kappa shape index (κ2) is 9.09. The molecule has 0 aliphatic carbocycles. The number of aryl methyl sites for hydroxylation is 2. The predicted octanol–water partition coefficient (Wildman–Crippen LogP) is 6.83. The maximum atomic E-state index is 5.15. The number of rotatable bonds is 3. The highest BCUT2D eigenvalue weighted by molar-refractivity contribution is 5.84. The van der Waals surface area contributed by atoms with Crippen molar-refractivity contribution < 1.29 is 9.47 Å². The molecule has 0 amide bonds. The van der Waals surface area contributed by atoms with E-state index < -0.39 is 0 Å². The average molecular weight is 370 g/mol. The molecule has 0 saturated carbocycles. The first-order chi connectivity index (χ1) is 13.6. The van der Waals surface area contributed by atoms with Gasteiger partial charge < -0.3 is 9.47 Å². The molecule has 0 atom stereocenters. The fourth-order valence-corrected chi connectivity index (χ4v) is 3.00. The van der Waals surface area contributed by atoms with Crippen LogP contribution in [0.2, 0.25) is 0 Å². The summed E-state index contributed by atoms with van der Waals surface area (Å²) >= 11 is 0. The van der Waals surface area contributed by atoms with Gasteiger partial charge in [-0.05, 0) is 60.0 Å². The smallest absolute Gasteiger partial charge is 0.119 e. The van der Waals surface area contributed by atoms with E-state index >= 15 is 0 Å². The number of hydrogen-bond acceptors (Lipinski definition) is 2. The molecule has 0 N–H and O–H groups in total. The SMILES string of the molecule is COc1ccc(-c2ccc(C)cc2)cc1.COc1ccc2cc(C)ccc2c1. The highest BCUT2D eigenvalue weighted by Crippen LogP contribution is 2.23. The average Bonchev–Trinajstić information content (AvgIpc) is 2.74. The third-order valence-corrected chi connectivity index (χ3v) is 4.68. The van der Waals surface area contributed by atoms with Crippen molar-refractivity contribution in [2.75, 3.05) is 14.2 Å². The van der Waals surface area contributed by atoms with Crippen LogP contribution in [-0.4, -0.2) is 14.2 Å². The molecule has 4 rings (SSSR count). The Morgan fingerprint density at radius 2 is 0.929 bits per heavy atom. The first kappa shape index (κ1) is 19.5. The summed E-state index contributed by atoms with van der Waals surface area (Å²) in [6, 6.07) is 29.2. The van der Waals surface area contributed by atoms with E-state index in [1.807, 2.05) is 18.2 Å². The van der Waals surface area contributed by atoms with Crippen LogP contribution in [0.4, 0.5) is 0 Å². The minimum absolute atomic E-state index is 0.894. The summed E-state index contributed by atoms with van der Waals surface area (Å²) < 4.78 is 10.3. The normalized spacial score (nSPS) is 10.1. The number of benzene rings is 4. The summed E-state index contributed by atoms with van der Waals surface area (Å²) in [6.07, 6.45) is 0. The van der Waals surface area contributed by atoms with Crippen molar-refractivity contribution in [2.24, 2.45) is 0 Å². The Kier molecular flexibility index (Phi) is 6.33. The fourth-order valence-electron chi connectivity index (χ4n) is 3.00. The van der Waals surface area contributed by atoms with Crippen LogP contribution in [0.15, 0.2) is 84.9 Å². The van der Waals surface area contributed by atoms with Gasteiger partial charge in [0.2, 0.25) is 0 Å². The van der Waals surface area contributed by atoms with Gasteiger partial charge in [0.05, 0.1) is 14.2 Å². The first-order valence-corrected chi connectivity index (χ1v) is 9.34. The maximum absolute atomic E-state index is 5.15. The van der Waals surface area contributed by atoms with E-state index in [0.29, 0.717) is 0 Å². The third-order valence-electron chi connectivity index (χ3n) is 4.68. The molecular weight excluding hydrogens is 344 g/mol. The molecule has 0 spiro atoms. The van der Waals surface area contributed by atoms with Crippen LogP contribution in [-0.2, 0) is 0 Å². The van der Waals surface area contributed by atoms with Gasteiger partial charge in [0.15, 0.2) is 0 Å². The molecule has 0 aliphatic heterocycles. The number of ether oxygens (including phenoxy) is 2. The lowest BCUT2D eigenvalue weighted by Crippen LogP contribution is -1.82. The molecule has 0 aromatic heterocycles. The van der Waals surface area contributed by atoms with E-state index in [4.69, 9.17) is 9.47 Å². The molecule has 0 radical (unpaired) electrons. The molecule has 2 nitrogen and oxygen atoms in total. The maximum Gasteiger partial charge on any atom is 0.119 e. The van der Waals surface area contributed by atoms with Crippen LogP contribution in [0.25, 0.3) is 21.9 Å². The van der Waals surface area contributed by atoms with Crippen molar-refractivity contribution in [3.8, 4) is 22.6 Å². The highest BCUT2D eigenvalue weighted by Gasteiger charge is 1.97. The number of hydrogen-bond donors (Lipinski definition) is 0. The summed E-state index contributed by atoms with van der Waals surface area (Å²) in [6.45, 7) is 4.20. The summed E-state index contributed by atoms with van der Waals surface area (Å²) in [5.74, 6) is 1.81. The van der Waals surface area contributed by atoms with Gasteiger partial charge in [0.1, 0.15) is 11.5 Å². The molecule has 0 fully saturated rings. The molecule has 0 aliphatic rings. The lowest BCUT2D eigenvalue weighted by atomic mass is 10.0. The molecule has 2 heteroatoms. The van der Waals surface area contributed by atoms with Crippen LogP contribution in [0.3, 0.4) is 0 Å². The fraction of sp³-hybridized carbons (Fsp3) is 0.154. The zero-order valence-corrected chi connectivity index (χ0v) is 16.9. The summed E-state index contributed by atoms with van der Waals surface area (Å²) in [5, 5.41) is 2.49. The van der Waals surface area contributed by atoms with Gasteiger partial charge in [-0.1, -0.05) is 71.8 Å². The van der Waals surface area contributed by atoms with E-state index in [0.717, 1.165) is 11.5 Å². The Morgan fingerprint density at radius 1 is 0.464 bits per heavy atom. The van der Waals surface area contributed by atoms with Crippen LogP contribution < -0.4 is 9.47 Å². The summed E-state index contributed by atoms with van der Waals surface area (Å²) in [5.41, 5.74) is 5.03. The van der Waals surface area contributed by atoms with Gasteiger partial charge >= 0.3 is 0 Å². The topological polar surface area (TPSA) is 18.5 Å². The first-order valence-electron chi connectivity index (χ1n) is 9.34. The lowest BCUT2D eigenvalue weighted by Gasteiger charge is -2.03. The molecule has 0 bridgehead atoms. The third kappa shape index (κ3) is 4.92. The van der Waals surface area contributed by atoms with Crippen molar-refractivity contribution in [2.45, 2.75) is 13.8 Å². The van der Waals surface area contributed by atoms with Crippen LogP contribution >= 0.6 is 0 Å². The molecule has 4 aromatic carbocycles. The Labute approximate surface area is 167 Å². The van der Waals surface area contributed by atoms with Crippen LogP contribution in [0.1, 0.15) is 11.1 Å². The van der Waals surface area contributed by atoms with E-state index in [1.165, 1.54) is 33.0 Å². The van der Waals surface area contributed by atoms with Crippen LogP contribution in [0.5, 0.6) is 11.5 Å². The zero-order valence-electron chi connectivity index (χ0n) is 16.9. The van der Waals surface area contributed by atoms with E-state index in [9.17, 15) is 0 Å². The molecule has 142 valence electrons. The van der Waals surface area contributed by atoms with Crippen molar-refractivity contribution in [1.29, 1.82) is 0 Å². The van der Waals surface area contributed by atoms with Gasteiger partial charge in [0, 0.05) is 0 Å². The Morgan fingerprint density at radius 3 is 1.54 bits per heavy atom. The standard InChI is InChI=1S/C14H14O.C12H12O/c1-11-3-5-12(6-4-11)13-7-9-14(15-2)10-8-13;1-9-3-4-11-8-12(13-2)6-5-10(11)7-9/h3-10H,1-2H3;3-8H,1-2H3. The second-order valence-corrected chi connectivity index (χ2v) is 6.81. The van der Waals surface area contributed by atoms with Gasteiger partial charge in [-0.3, -0.25) is 0 Å². The van der Waals surface area contributed by atoms with E-state index in [1.54, 1.807) is 14.2 Å². The van der Waals surface area contributed by atoms with Crippen molar-refractivity contribution in [3.63, 3.8) is 0 Å². The quantitative estimate of drug-likeness (QED) is 0.393. The van der Waals surface area contributed by atoms with Gasteiger partial charge in [-0.25, -0.2) is 0 Å². The van der Waals surface area contributed by atoms with Crippen molar-refractivity contribution >= 4 is 10.8 Å². The molecule has 4 aromatic rings. The van der Waals surface area contributed by atoms with Crippen molar-refractivity contribution in [1.82, 2.24) is 0 Å². The minimum Gasteiger partial charge on any atom is -0.497 e. The number of methoxy groups -OCH3 is 2. The second-order valence-electron chi connectivity index (χ2n) is 6.81. The lowest BCUT2D eigenvalue weighted by molar-refractivity contribution is 0.415. The van der Waals surface area contributed by atoms with Gasteiger partial charge in [-0.2, -0.15) is 0 Å². The number of fused-ring (bicyclic) bond motifs is 1. The zero-order chi connectivity index (χ0) is 19.9. The largest absolute Gasteiger partial charge is 0.497 e. The Bertz CT molecular complexity index is 1030. The Balaban J connectivity index is 0.000000162. The van der Waals surface area contributed by atoms with Crippen LogP contribution in [0, 0.1) is 13.8 Å². The van der Waals surface area contributed by atoms with E-state index in [-0.39, 0.29) is 0 Å². The monoisotopic (exact) mass is 370 g/mol. The molecule has 0 unspecified atom stereocenters. The van der Waals surface area contributed by atoms with Gasteiger partial charge in [0.25, 0.3) is 0 Å². The highest BCUT2D eigenvalue weighted by atomic mass is 16.5. The molecule has 0 heterocycles. The minimum atomic E-state index is 0.894. The van der Waals surface area contributed by atoms with Crippen molar-refractivity contribution in [3.05, 3.63) is 96.1 Å². The Hall–Kier alpha value is -3.26. The molecule has 28 heavy (non-hydrogen) atoms. The predicted molar refractivity (Wildman–Crippen MR) is 118 cm³/mol. The molecule has 0 saturated heterocycles. The van der Waals surface area contributed by atoms with E-state index in [2.05, 4.69) is 80.6 Å².